The van der Waals surface area contributed by atoms with Crippen molar-refractivity contribution in [1.29, 1.82) is 0 Å². The molecule has 1 aromatic carbocycles. The number of ether oxygens (including phenoxy) is 1. The first kappa shape index (κ1) is 15.8. The molecule has 0 fully saturated rings. The summed E-state index contributed by atoms with van der Waals surface area (Å²) in [5.74, 6) is -0.520. The number of hydrogen-bond acceptors (Lipinski definition) is 4. The minimum absolute atomic E-state index is 0.224. The van der Waals surface area contributed by atoms with E-state index >= 15 is 0 Å². The molecular weight excluding hydrogens is 314 g/mol. The van der Waals surface area contributed by atoms with Gasteiger partial charge in [-0.2, -0.15) is 0 Å². The third kappa shape index (κ3) is 2.67. The van der Waals surface area contributed by atoms with Gasteiger partial charge in [-0.25, -0.2) is 13.2 Å². The maximum atomic E-state index is 13.0. The second kappa shape index (κ2) is 5.23. The van der Waals surface area contributed by atoms with Crippen LogP contribution in [0.15, 0.2) is 52.6 Å². The van der Waals surface area contributed by atoms with Crippen molar-refractivity contribution < 1.29 is 17.9 Å². The molecule has 0 saturated carbocycles. The van der Waals surface area contributed by atoms with Crippen molar-refractivity contribution in [3.05, 3.63) is 53.3 Å². The van der Waals surface area contributed by atoms with E-state index in [1.807, 2.05) is 13.0 Å². The highest BCUT2D eigenvalue weighted by Crippen LogP contribution is 2.38. The second-order valence-electron chi connectivity index (χ2n) is 6.26. The smallest absolute Gasteiger partial charge is 0.333 e. The van der Waals surface area contributed by atoms with Gasteiger partial charge in [0.25, 0.3) is 10.0 Å². The predicted octanol–water partition coefficient (Wildman–Crippen LogP) is 2.54. The third-order valence-corrected chi connectivity index (χ3v) is 5.92. The molecule has 2 aliphatic rings. The van der Waals surface area contributed by atoms with Crippen LogP contribution in [-0.4, -0.2) is 30.8 Å². The molecule has 0 bridgehead atoms. The Bertz CT molecular complexity index is 817. The van der Waals surface area contributed by atoms with E-state index in [1.54, 1.807) is 38.1 Å². The zero-order valence-electron chi connectivity index (χ0n) is 13.4. The topological polar surface area (TPSA) is 63.7 Å². The van der Waals surface area contributed by atoms with Gasteiger partial charge in [0.1, 0.15) is 5.60 Å². The fourth-order valence-electron chi connectivity index (χ4n) is 2.92. The summed E-state index contributed by atoms with van der Waals surface area (Å²) in [6, 6.07) is 6.72. The number of benzene rings is 1. The molecule has 0 unspecified atom stereocenters. The number of sulfonamides is 1. The lowest BCUT2D eigenvalue weighted by Gasteiger charge is -2.40. The first-order chi connectivity index (χ1) is 10.7. The second-order valence-corrected chi connectivity index (χ2v) is 8.12. The van der Waals surface area contributed by atoms with Crippen LogP contribution in [0.2, 0.25) is 0 Å². The van der Waals surface area contributed by atoms with Crippen molar-refractivity contribution in [3.8, 4) is 0 Å². The van der Waals surface area contributed by atoms with Gasteiger partial charge in [0.15, 0.2) is 0 Å². The molecule has 0 amide bonds. The number of carbonyl (C=O) groups is 1. The van der Waals surface area contributed by atoms with Crippen LogP contribution in [0, 0.1) is 6.92 Å². The number of hydrogen-bond donors (Lipinski definition) is 0. The maximum absolute atomic E-state index is 13.0. The van der Waals surface area contributed by atoms with Gasteiger partial charge < -0.3 is 4.74 Å². The number of fused-ring (bicyclic) bond motifs is 1. The average Bonchev–Trinajstić information content (AvgIpc) is 2.46. The molecule has 2 heterocycles. The zero-order chi connectivity index (χ0) is 16.8. The zero-order valence-corrected chi connectivity index (χ0v) is 14.2. The van der Waals surface area contributed by atoms with Crippen molar-refractivity contribution in [2.75, 3.05) is 6.54 Å². The Morgan fingerprint density at radius 2 is 1.83 bits per heavy atom. The highest BCUT2D eigenvalue weighted by Gasteiger charge is 2.41. The molecule has 0 spiro atoms. The molecule has 0 aromatic heterocycles. The number of esters is 1. The summed E-state index contributed by atoms with van der Waals surface area (Å²) in [6.45, 7) is 5.76. The van der Waals surface area contributed by atoms with Crippen LogP contribution in [-0.2, 0) is 19.6 Å². The molecule has 23 heavy (non-hydrogen) atoms. The molecule has 6 heteroatoms. The minimum atomic E-state index is -3.71. The van der Waals surface area contributed by atoms with E-state index < -0.39 is 21.6 Å². The molecule has 122 valence electrons. The van der Waals surface area contributed by atoms with Crippen LogP contribution in [0.1, 0.15) is 25.8 Å². The lowest BCUT2D eigenvalue weighted by molar-refractivity contribution is -0.148. The molecule has 1 aromatic rings. The van der Waals surface area contributed by atoms with E-state index in [0.717, 1.165) is 11.1 Å². The van der Waals surface area contributed by atoms with E-state index in [2.05, 4.69) is 0 Å². The molecule has 5 nitrogen and oxygen atoms in total. The molecule has 2 aliphatic heterocycles. The molecule has 0 saturated heterocycles. The molecular formula is C17H19NO4S. The van der Waals surface area contributed by atoms with E-state index in [0.29, 0.717) is 18.7 Å². The van der Waals surface area contributed by atoms with Crippen molar-refractivity contribution in [2.45, 2.75) is 37.7 Å². The summed E-state index contributed by atoms with van der Waals surface area (Å²) in [5, 5.41) is 0. The number of nitrogens with zero attached hydrogens (tertiary/aromatic N) is 1. The van der Waals surface area contributed by atoms with Crippen molar-refractivity contribution in [2.24, 2.45) is 0 Å². The number of rotatable bonds is 2. The fraction of sp³-hybridized carbons (Fsp3) is 0.353. The largest absolute Gasteiger partial charge is 0.451 e. The molecule has 3 rings (SSSR count). The Balaban J connectivity index is 2.08. The summed E-state index contributed by atoms with van der Waals surface area (Å²) < 4.78 is 32.6. The summed E-state index contributed by atoms with van der Waals surface area (Å²) in [4.78, 5) is 12.1. The fourth-order valence-corrected chi connectivity index (χ4v) is 4.41. The molecule has 0 aliphatic carbocycles. The van der Waals surface area contributed by atoms with Gasteiger partial charge in [-0.3, -0.25) is 4.31 Å². The Morgan fingerprint density at radius 1 is 1.17 bits per heavy atom. The number of carbonyl (C=O) groups excluding carboxylic acids is 1. The van der Waals surface area contributed by atoms with E-state index in [1.165, 1.54) is 10.4 Å². The molecule has 0 atom stereocenters. The van der Waals surface area contributed by atoms with Gasteiger partial charge in [-0.1, -0.05) is 23.8 Å². The predicted molar refractivity (Wildman–Crippen MR) is 86.0 cm³/mol. The summed E-state index contributed by atoms with van der Waals surface area (Å²) >= 11 is 0. The van der Waals surface area contributed by atoms with Gasteiger partial charge >= 0.3 is 5.97 Å². The SMILES string of the molecule is Cc1ccc(S(=O)(=O)N2CCC=C3C2=CC(=O)OC3(C)C)cc1. The summed E-state index contributed by atoms with van der Waals surface area (Å²) in [6.07, 6.45) is 3.79. The number of cyclic esters (lactones) is 1. The van der Waals surface area contributed by atoms with Gasteiger partial charge in [0.05, 0.1) is 10.6 Å². The van der Waals surface area contributed by atoms with Crippen LogP contribution in [0.4, 0.5) is 0 Å². The van der Waals surface area contributed by atoms with E-state index in [4.69, 9.17) is 4.74 Å². The Kier molecular flexibility index (Phi) is 3.59. The van der Waals surface area contributed by atoms with Crippen molar-refractivity contribution in [1.82, 2.24) is 4.31 Å². The highest BCUT2D eigenvalue weighted by atomic mass is 32.2. The standard InChI is InChI=1S/C17H19NO4S/c1-12-6-8-13(9-7-12)23(20,21)18-10-4-5-14-15(18)11-16(19)22-17(14,2)3/h5-9,11H,4,10H2,1-3H3. The monoisotopic (exact) mass is 333 g/mol. The Hall–Kier alpha value is -2.08. The lowest BCUT2D eigenvalue weighted by atomic mass is 9.89. The van der Waals surface area contributed by atoms with Crippen LogP contribution in [0.3, 0.4) is 0 Å². The van der Waals surface area contributed by atoms with Crippen LogP contribution >= 0.6 is 0 Å². The average molecular weight is 333 g/mol. The van der Waals surface area contributed by atoms with E-state index in [9.17, 15) is 13.2 Å². The van der Waals surface area contributed by atoms with Gasteiger partial charge in [0.2, 0.25) is 0 Å². The van der Waals surface area contributed by atoms with Crippen molar-refractivity contribution in [3.63, 3.8) is 0 Å². The normalized spacial score (nSPS) is 20.3. The van der Waals surface area contributed by atoms with E-state index in [-0.39, 0.29) is 4.90 Å². The van der Waals surface area contributed by atoms with Gasteiger partial charge in [-0.05, 0) is 39.3 Å². The summed E-state index contributed by atoms with van der Waals surface area (Å²) in [5.41, 5.74) is 1.31. The first-order valence-electron chi connectivity index (χ1n) is 7.47. The summed E-state index contributed by atoms with van der Waals surface area (Å²) in [7, 11) is -3.71. The third-order valence-electron chi connectivity index (χ3n) is 4.09. The Morgan fingerprint density at radius 3 is 2.48 bits per heavy atom. The molecule has 0 N–H and O–H groups in total. The maximum Gasteiger partial charge on any atom is 0.333 e. The highest BCUT2D eigenvalue weighted by molar-refractivity contribution is 7.89. The number of aryl methyl sites for hydroxylation is 1. The minimum Gasteiger partial charge on any atom is -0.451 e. The van der Waals surface area contributed by atoms with Gasteiger partial charge in [0, 0.05) is 18.2 Å². The van der Waals surface area contributed by atoms with Crippen LogP contribution < -0.4 is 0 Å². The van der Waals surface area contributed by atoms with Gasteiger partial charge in [-0.15, -0.1) is 0 Å². The quantitative estimate of drug-likeness (QED) is 0.780. The Labute approximate surface area is 136 Å². The van der Waals surface area contributed by atoms with Crippen molar-refractivity contribution >= 4 is 16.0 Å². The lowest BCUT2D eigenvalue weighted by Crippen LogP contribution is -2.44. The molecule has 0 radical (unpaired) electrons. The first-order valence-corrected chi connectivity index (χ1v) is 8.91. The van der Waals surface area contributed by atoms with Crippen LogP contribution in [0.5, 0.6) is 0 Å². The van der Waals surface area contributed by atoms with Crippen LogP contribution in [0.25, 0.3) is 0 Å².